The molecule has 2 heteroatoms. The number of hydrogen-bond acceptors (Lipinski definition) is 1. The number of nitrogens with one attached hydrogen (secondary N) is 1. The van der Waals surface area contributed by atoms with Gasteiger partial charge >= 0.3 is 0 Å². The smallest absolute Gasteiger partial charge is 0.123 e. The lowest BCUT2D eigenvalue weighted by atomic mass is 9.93. The number of halogens is 1. The zero-order valence-corrected chi connectivity index (χ0v) is 12.3. The molecule has 0 saturated carbocycles. The average molecular weight is 280 g/mol. The molecule has 0 saturated heterocycles. The van der Waals surface area contributed by atoms with Gasteiger partial charge < -0.3 is 5.32 Å². The van der Waals surface area contributed by atoms with Gasteiger partial charge in [-0.25, -0.2) is 4.39 Å². The number of benzene rings is 2. The number of hydrogen-bond donors (Lipinski definition) is 1. The van der Waals surface area contributed by atoms with Crippen molar-refractivity contribution in [1.29, 1.82) is 0 Å². The van der Waals surface area contributed by atoms with Crippen LogP contribution in [0.15, 0.2) is 48.5 Å². The molecule has 0 amide bonds. The van der Waals surface area contributed by atoms with Gasteiger partial charge in [0.1, 0.15) is 5.82 Å². The van der Waals surface area contributed by atoms with Crippen LogP contribution in [-0.4, -0.2) is 13.6 Å². The van der Waals surface area contributed by atoms with Crippen molar-refractivity contribution in [2.75, 3.05) is 13.6 Å². The topological polar surface area (TPSA) is 12.0 Å². The third-order valence-corrected chi connectivity index (χ3v) is 4.08. The van der Waals surface area contributed by atoms with E-state index >= 15 is 0 Å². The quantitative estimate of drug-likeness (QED) is 0.839. The van der Waals surface area contributed by atoms with Crippen molar-refractivity contribution < 1.29 is 4.39 Å². The SMILES string of the molecule is CNCC/C=C1\c2ccccc2CCc2ccc([18F])cc21. The maximum Gasteiger partial charge on any atom is 0.123 e. The molecule has 108 valence electrons. The Labute approximate surface area is 125 Å². The van der Waals surface area contributed by atoms with Crippen molar-refractivity contribution in [3.63, 3.8) is 0 Å². The highest BCUT2D eigenvalue weighted by Crippen LogP contribution is 2.34. The van der Waals surface area contributed by atoms with Crippen LogP contribution in [0.2, 0.25) is 0 Å². The van der Waals surface area contributed by atoms with Gasteiger partial charge in [-0.05, 0) is 72.8 Å². The van der Waals surface area contributed by atoms with Crippen LogP contribution >= 0.6 is 0 Å². The highest BCUT2D eigenvalue weighted by molar-refractivity contribution is 5.83. The van der Waals surface area contributed by atoms with Gasteiger partial charge in [-0.3, -0.25) is 0 Å². The first-order valence-electron chi connectivity index (χ1n) is 7.51. The molecule has 1 N–H and O–H groups in total. The Hall–Kier alpha value is -1.93. The van der Waals surface area contributed by atoms with Crippen LogP contribution in [0.1, 0.15) is 28.7 Å². The number of rotatable bonds is 3. The third-order valence-electron chi connectivity index (χ3n) is 4.08. The predicted molar refractivity (Wildman–Crippen MR) is 85.9 cm³/mol. The van der Waals surface area contributed by atoms with Crippen molar-refractivity contribution in [2.45, 2.75) is 19.3 Å². The Bertz CT molecular complexity index is 673. The first-order valence-corrected chi connectivity index (χ1v) is 7.51. The fraction of sp³-hybridized carbons (Fsp3) is 0.263. The van der Waals surface area contributed by atoms with Crippen molar-refractivity contribution in [3.8, 4) is 0 Å². The molecule has 0 radical (unpaired) electrons. The second-order valence-corrected chi connectivity index (χ2v) is 5.47. The summed E-state index contributed by atoms with van der Waals surface area (Å²) in [5.74, 6) is -0.160. The van der Waals surface area contributed by atoms with Crippen molar-refractivity contribution in [3.05, 3.63) is 76.6 Å². The van der Waals surface area contributed by atoms with E-state index in [0.29, 0.717) is 0 Å². The summed E-state index contributed by atoms with van der Waals surface area (Å²) in [6.45, 7) is 0.927. The molecule has 0 atom stereocenters. The van der Waals surface area contributed by atoms with Gasteiger partial charge in [-0.2, -0.15) is 0 Å². The van der Waals surface area contributed by atoms with Crippen LogP contribution in [0.5, 0.6) is 0 Å². The van der Waals surface area contributed by atoms with E-state index in [2.05, 4.69) is 35.7 Å². The van der Waals surface area contributed by atoms with Gasteiger partial charge in [0.05, 0.1) is 0 Å². The third kappa shape index (κ3) is 2.91. The van der Waals surface area contributed by atoms with Crippen molar-refractivity contribution in [2.24, 2.45) is 0 Å². The molecule has 1 aliphatic rings. The van der Waals surface area contributed by atoms with Gasteiger partial charge in [-0.1, -0.05) is 36.4 Å². The van der Waals surface area contributed by atoms with E-state index in [4.69, 9.17) is 0 Å². The molecule has 2 aromatic carbocycles. The van der Waals surface area contributed by atoms with Gasteiger partial charge in [0.15, 0.2) is 0 Å². The molecule has 0 aromatic heterocycles. The average Bonchev–Trinajstić information content (AvgIpc) is 2.65. The van der Waals surface area contributed by atoms with Crippen LogP contribution in [0.3, 0.4) is 0 Å². The minimum atomic E-state index is -0.160. The molecule has 1 aliphatic carbocycles. The highest BCUT2D eigenvalue weighted by Gasteiger charge is 2.17. The summed E-state index contributed by atoms with van der Waals surface area (Å²) >= 11 is 0. The zero-order chi connectivity index (χ0) is 14.7. The molecular formula is C19H20FN. The second kappa shape index (κ2) is 6.23. The standard InChI is InChI=1S/C19H20FN/c1-21-12-4-7-18-17-6-3-2-5-14(17)8-9-15-10-11-16(20)13-19(15)18/h2-3,5-7,10-11,13,21H,4,8-9,12H2,1H3/b18-7+/i20-1. The van der Waals surface area contributed by atoms with Crippen LogP contribution in [0.25, 0.3) is 5.57 Å². The fourth-order valence-electron chi connectivity index (χ4n) is 3.01. The van der Waals surface area contributed by atoms with E-state index < -0.39 is 0 Å². The molecule has 0 bridgehead atoms. The highest BCUT2D eigenvalue weighted by atomic mass is 18.2. The van der Waals surface area contributed by atoms with E-state index in [1.165, 1.54) is 22.3 Å². The van der Waals surface area contributed by atoms with Gasteiger partial charge in [0.2, 0.25) is 0 Å². The lowest BCUT2D eigenvalue weighted by molar-refractivity contribution is 0.626. The molecule has 0 unspecified atom stereocenters. The molecule has 2 aromatic rings. The zero-order valence-electron chi connectivity index (χ0n) is 12.3. The minimum Gasteiger partial charge on any atom is -0.319 e. The fourth-order valence-corrected chi connectivity index (χ4v) is 3.01. The Morgan fingerprint density at radius 1 is 1.05 bits per heavy atom. The normalized spacial score (nSPS) is 15.4. The summed E-state index contributed by atoms with van der Waals surface area (Å²) in [5, 5.41) is 3.16. The first kappa shape index (κ1) is 14.0. The Morgan fingerprint density at radius 2 is 1.81 bits per heavy atom. The summed E-state index contributed by atoms with van der Waals surface area (Å²) in [7, 11) is 1.95. The van der Waals surface area contributed by atoms with Crippen LogP contribution in [0.4, 0.5) is 4.39 Å². The lowest BCUT2D eigenvalue weighted by Gasteiger charge is -2.12. The Morgan fingerprint density at radius 3 is 2.62 bits per heavy atom. The van der Waals surface area contributed by atoms with Crippen LogP contribution < -0.4 is 5.32 Å². The molecule has 0 heterocycles. The van der Waals surface area contributed by atoms with Gasteiger partial charge in [-0.15, -0.1) is 0 Å². The summed E-state index contributed by atoms with van der Waals surface area (Å²) in [6, 6.07) is 13.7. The van der Waals surface area contributed by atoms with Crippen LogP contribution in [-0.2, 0) is 12.8 Å². The van der Waals surface area contributed by atoms with E-state index in [0.717, 1.165) is 31.4 Å². The molecule has 3 rings (SSSR count). The molecule has 1 nitrogen and oxygen atoms in total. The first-order chi connectivity index (χ1) is 10.3. The molecule has 0 spiro atoms. The molecular weight excluding hydrogens is 260 g/mol. The predicted octanol–water partition coefficient (Wildman–Crippen LogP) is 3.97. The Balaban J connectivity index is 2.14. The lowest BCUT2D eigenvalue weighted by Crippen LogP contribution is -2.06. The van der Waals surface area contributed by atoms with Crippen molar-refractivity contribution in [1.82, 2.24) is 5.32 Å². The van der Waals surface area contributed by atoms with Crippen LogP contribution in [0, 0.1) is 5.82 Å². The van der Waals surface area contributed by atoms with Gasteiger partial charge in [0.25, 0.3) is 0 Å². The summed E-state index contributed by atoms with van der Waals surface area (Å²) in [5.41, 5.74) is 6.06. The minimum absolute atomic E-state index is 0.160. The molecule has 21 heavy (non-hydrogen) atoms. The summed E-state index contributed by atoms with van der Waals surface area (Å²) in [4.78, 5) is 0. The number of aryl methyl sites for hydroxylation is 2. The maximum absolute atomic E-state index is 13.7. The molecule has 0 aliphatic heterocycles. The van der Waals surface area contributed by atoms with E-state index in [1.807, 2.05) is 13.1 Å². The van der Waals surface area contributed by atoms with Crippen molar-refractivity contribution >= 4 is 5.57 Å². The summed E-state index contributed by atoms with van der Waals surface area (Å²) < 4.78 is 13.7. The van der Waals surface area contributed by atoms with E-state index in [-0.39, 0.29) is 5.82 Å². The Kier molecular flexibility index (Phi) is 4.16. The monoisotopic (exact) mass is 280 g/mol. The summed E-state index contributed by atoms with van der Waals surface area (Å²) in [6.07, 6.45) is 5.16. The largest absolute Gasteiger partial charge is 0.319 e. The van der Waals surface area contributed by atoms with Gasteiger partial charge in [0, 0.05) is 0 Å². The van der Waals surface area contributed by atoms with E-state index in [1.54, 1.807) is 12.1 Å². The van der Waals surface area contributed by atoms with E-state index in [9.17, 15) is 4.39 Å². The molecule has 0 fully saturated rings. The number of fused-ring (bicyclic) bond motifs is 2. The second-order valence-electron chi connectivity index (χ2n) is 5.47. The maximum atomic E-state index is 13.7.